The highest BCUT2D eigenvalue weighted by Gasteiger charge is 2.15. The van der Waals surface area contributed by atoms with Gasteiger partial charge in [-0.05, 0) is 36.5 Å². The largest absolute Gasteiger partial charge is 0.392 e. The van der Waals surface area contributed by atoms with Crippen LogP contribution < -0.4 is 0 Å². The van der Waals surface area contributed by atoms with E-state index in [9.17, 15) is 10.2 Å². The molecule has 2 aromatic rings. The number of allylic oxidation sites excluding steroid dienone is 1. The van der Waals surface area contributed by atoms with Crippen molar-refractivity contribution in [3.05, 3.63) is 82.9 Å². The van der Waals surface area contributed by atoms with Crippen LogP contribution in [0.1, 0.15) is 30.6 Å². The van der Waals surface area contributed by atoms with E-state index in [2.05, 4.69) is 12.1 Å². The predicted octanol–water partition coefficient (Wildman–Crippen LogP) is 3.66. The van der Waals surface area contributed by atoms with Crippen molar-refractivity contribution in [2.75, 3.05) is 6.61 Å². The zero-order valence-corrected chi connectivity index (χ0v) is 12.4. The Bertz CT molecular complexity index is 573. The van der Waals surface area contributed by atoms with Crippen LogP contribution >= 0.6 is 0 Å². The van der Waals surface area contributed by atoms with E-state index in [1.165, 1.54) is 5.56 Å². The average molecular weight is 282 g/mol. The van der Waals surface area contributed by atoms with Crippen molar-refractivity contribution in [1.82, 2.24) is 0 Å². The molecule has 0 aliphatic carbocycles. The van der Waals surface area contributed by atoms with E-state index in [4.69, 9.17) is 0 Å². The Kier molecular flexibility index (Phi) is 5.73. The van der Waals surface area contributed by atoms with Gasteiger partial charge in [0.05, 0.1) is 6.61 Å². The quantitative estimate of drug-likeness (QED) is 0.794. The van der Waals surface area contributed by atoms with Crippen molar-refractivity contribution in [3.63, 3.8) is 0 Å². The van der Waals surface area contributed by atoms with Crippen LogP contribution in [0.3, 0.4) is 0 Å². The summed E-state index contributed by atoms with van der Waals surface area (Å²) in [4.78, 5) is 0. The zero-order valence-electron chi connectivity index (χ0n) is 12.4. The van der Waals surface area contributed by atoms with Gasteiger partial charge in [-0.1, -0.05) is 66.2 Å². The maximum absolute atomic E-state index is 10.4. The minimum absolute atomic E-state index is 0.114. The highest BCUT2D eigenvalue weighted by atomic mass is 16.3. The number of benzene rings is 2. The minimum atomic E-state index is -0.730. The molecule has 2 N–H and O–H groups in total. The van der Waals surface area contributed by atoms with Gasteiger partial charge < -0.3 is 10.2 Å². The molecule has 0 aliphatic heterocycles. The summed E-state index contributed by atoms with van der Waals surface area (Å²) in [7, 11) is 0. The summed E-state index contributed by atoms with van der Waals surface area (Å²) in [6.45, 7) is 1.87. The van der Waals surface area contributed by atoms with Crippen LogP contribution in [0.2, 0.25) is 0 Å². The molecule has 2 rings (SSSR count). The van der Waals surface area contributed by atoms with E-state index < -0.39 is 6.10 Å². The van der Waals surface area contributed by atoms with Crippen molar-refractivity contribution in [2.45, 2.75) is 25.9 Å². The maximum Gasteiger partial charge on any atom is 0.103 e. The molecule has 1 unspecified atom stereocenters. The Balaban J connectivity index is 2.10. The van der Waals surface area contributed by atoms with E-state index in [1.54, 1.807) is 0 Å². The molecule has 2 nitrogen and oxygen atoms in total. The molecule has 0 spiro atoms. The van der Waals surface area contributed by atoms with E-state index in [-0.39, 0.29) is 6.61 Å². The molecule has 2 heteroatoms. The molecule has 0 heterocycles. The van der Waals surface area contributed by atoms with Crippen molar-refractivity contribution < 1.29 is 10.2 Å². The number of aliphatic hydroxyl groups is 2. The average Bonchev–Trinajstić information content (AvgIpc) is 2.55. The van der Waals surface area contributed by atoms with Gasteiger partial charge in [-0.2, -0.15) is 0 Å². The van der Waals surface area contributed by atoms with Crippen LogP contribution in [-0.4, -0.2) is 16.8 Å². The summed E-state index contributed by atoms with van der Waals surface area (Å²) in [5.41, 5.74) is 3.85. The molecule has 0 radical (unpaired) electrons. The monoisotopic (exact) mass is 282 g/mol. The van der Waals surface area contributed by atoms with Gasteiger partial charge in [0.2, 0.25) is 0 Å². The molecular formula is C19H22O2. The Labute approximate surface area is 126 Å². The van der Waals surface area contributed by atoms with Crippen LogP contribution in [0, 0.1) is 0 Å². The first kappa shape index (κ1) is 15.5. The number of aryl methyl sites for hydroxylation is 1. The van der Waals surface area contributed by atoms with Gasteiger partial charge >= 0.3 is 0 Å². The van der Waals surface area contributed by atoms with E-state index in [0.29, 0.717) is 5.57 Å². The van der Waals surface area contributed by atoms with Gasteiger partial charge in [-0.15, -0.1) is 0 Å². The Morgan fingerprint density at radius 3 is 2.10 bits per heavy atom. The van der Waals surface area contributed by atoms with Gasteiger partial charge in [0.15, 0.2) is 0 Å². The molecule has 0 aliphatic rings. The third-order valence-electron chi connectivity index (χ3n) is 3.80. The van der Waals surface area contributed by atoms with Crippen molar-refractivity contribution in [3.8, 4) is 0 Å². The lowest BCUT2D eigenvalue weighted by Gasteiger charge is -2.17. The van der Waals surface area contributed by atoms with Gasteiger partial charge in [-0.3, -0.25) is 0 Å². The molecule has 0 fully saturated rings. The highest BCUT2D eigenvalue weighted by Crippen LogP contribution is 2.25. The first-order valence-corrected chi connectivity index (χ1v) is 7.28. The molecular weight excluding hydrogens is 260 g/mol. The van der Waals surface area contributed by atoms with E-state index in [1.807, 2.05) is 55.5 Å². The Hall–Kier alpha value is -1.90. The fourth-order valence-electron chi connectivity index (χ4n) is 2.43. The molecule has 110 valence electrons. The van der Waals surface area contributed by atoms with Gasteiger partial charge in [0, 0.05) is 0 Å². The summed E-state index contributed by atoms with van der Waals surface area (Å²) in [6.07, 6.45) is 1.02. The second kappa shape index (κ2) is 7.77. The Morgan fingerprint density at radius 1 is 0.952 bits per heavy atom. The van der Waals surface area contributed by atoms with Gasteiger partial charge in [0.1, 0.15) is 6.10 Å². The van der Waals surface area contributed by atoms with Gasteiger partial charge in [-0.25, -0.2) is 0 Å². The summed E-state index contributed by atoms with van der Waals surface area (Å²) in [5, 5.41) is 20.0. The molecule has 0 amide bonds. The van der Waals surface area contributed by atoms with Crippen LogP contribution in [0.4, 0.5) is 0 Å². The third-order valence-corrected chi connectivity index (χ3v) is 3.80. The predicted molar refractivity (Wildman–Crippen MR) is 86.0 cm³/mol. The first-order chi connectivity index (χ1) is 10.2. The molecule has 0 bridgehead atoms. The van der Waals surface area contributed by atoms with Gasteiger partial charge in [0.25, 0.3) is 0 Å². The molecule has 0 aromatic heterocycles. The first-order valence-electron chi connectivity index (χ1n) is 7.28. The smallest absolute Gasteiger partial charge is 0.103 e. The highest BCUT2D eigenvalue weighted by molar-refractivity contribution is 5.29. The van der Waals surface area contributed by atoms with Crippen LogP contribution in [-0.2, 0) is 6.42 Å². The van der Waals surface area contributed by atoms with Crippen LogP contribution in [0.5, 0.6) is 0 Å². The normalized spacial score (nSPS) is 13.7. The summed E-state index contributed by atoms with van der Waals surface area (Å²) >= 11 is 0. The second-order valence-corrected chi connectivity index (χ2v) is 5.26. The summed E-state index contributed by atoms with van der Waals surface area (Å²) in [6, 6.07) is 19.7. The van der Waals surface area contributed by atoms with Crippen LogP contribution in [0.25, 0.3) is 0 Å². The topological polar surface area (TPSA) is 40.5 Å². The van der Waals surface area contributed by atoms with Crippen molar-refractivity contribution >= 4 is 0 Å². The van der Waals surface area contributed by atoms with Crippen molar-refractivity contribution in [1.29, 1.82) is 0 Å². The van der Waals surface area contributed by atoms with Crippen molar-refractivity contribution in [2.24, 2.45) is 0 Å². The molecule has 0 saturated carbocycles. The summed E-state index contributed by atoms with van der Waals surface area (Å²) < 4.78 is 0. The zero-order chi connectivity index (χ0) is 15.1. The number of rotatable bonds is 6. The Morgan fingerprint density at radius 2 is 1.52 bits per heavy atom. The lowest BCUT2D eigenvalue weighted by atomic mass is 9.94. The summed E-state index contributed by atoms with van der Waals surface area (Å²) in [5.74, 6) is 0. The van der Waals surface area contributed by atoms with E-state index in [0.717, 1.165) is 24.0 Å². The fourth-order valence-corrected chi connectivity index (χ4v) is 2.43. The lowest BCUT2D eigenvalue weighted by Crippen LogP contribution is -2.08. The minimum Gasteiger partial charge on any atom is -0.392 e. The maximum atomic E-state index is 10.4. The molecule has 2 aromatic carbocycles. The number of aliphatic hydroxyl groups excluding tert-OH is 2. The molecule has 21 heavy (non-hydrogen) atoms. The van der Waals surface area contributed by atoms with E-state index >= 15 is 0 Å². The third kappa shape index (κ3) is 4.28. The second-order valence-electron chi connectivity index (χ2n) is 5.26. The molecule has 0 saturated heterocycles. The van der Waals surface area contributed by atoms with Crippen LogP contribution in [0.15, 0.2) is 71.8 Å². The fraction of sp³-hybridized carbons (Fsp3) is 0.263. The SMILES string of the molecule is C/C(CCc1ccccc1)=C(/CO)C(O)c1ccccc1. The lowest BCUT2D eigenvalue weighted by molar-refractivity contribution is 0.188. The number of hydrogen-bond acceptors (Lipinski definition) is 2. The number of hydrogen-bond donors (Lipinski definition) is 2. The standard InChI is InChI=1S/C19H22O2/c1-15(12-13-16-8-4-2-5-9-16)18(14-20)19(21)17-10-6-3-7-11-17/h2-11,19-21H,12-14H2,1H3/b18-15+. The molecule has 1 atom stereocenters.